The first-order chi connectivity index (χ1) is 9.28. The molecule has 1 aliphatic rings. The van der Waals surface area contributed by atoms with Gasteiger partial charge in [-0.1, -0.05) is 0 Å². The summed E-state index contributed by atoms with van der Waals surface area (Å²) in [6.07, 6.45) is 2.20. The molecule has 0 bridgehead atoms. The fraction of sp³-hybridized carbons (Fsp3) is 0.429. The Hall–Kier alpha value is -1.88. The molecule has 2 aromatic rings. The number of piperidine rings is 1. The summed E-state index contributed by atoms with van der Waals surface area (Å²) >= 11 is 0. The SMILES string of the molecule is COC(=O)c1ccc2nc(C3CCNCC3)[nH]c2c1. The number of rotatable bonds is 2. The molecule has 5 heteroatoms. The maximum Gasteiger partial charge on any atom is 0.337 e. The van der Waals surface area contributed by atoms with Crippen LogP contribution in [-0.2, 0) is 4.74 Å². The van der Waals surface area contributed by atoms with Crippen LogP contribution in [0.1, 0.15) is 34.9 Å². The van der Waals surface area contributed by atoms with Gasteiger partial charge in [0.25, 0.3) is 0 Å². The molecule has 0 saturated carbocycles. The van der Waals surface area contributed by atoms with E-state index < -0.39 is 0 Å². The van der Waals surface area contributed by atoms with Crippen LogP contribution < -0.4 is 5.32 Å². The van der Waals surface area contributed by atoms with E-state index in [-0.39, 0.29) is 5.97 Å². The molecular formula is C14H17N3O2. The Morgan fingerprint density at radius 3 is 2.89 bits per heavy atom. The number of H-pyrrole nitrogens is 1. The van der Waals surface area contributed by atoms with Crippen molar-refractivity contribution in [2.45, 2.75) is 18.8 Å². The van der Waals surface area contributed by atoms with Crippen molar-refractivity contribution in [1.82, 2.24) is 15.3 Å². The lowest BCUT2D eigenvalue weighted by Crippen LogP contribution is -2.27. The van der Waals surface area contributed by atoms with Crippen molar-refractivity contribution in [2.75, 3.05) is 20.2 Å². The summed E-state index contributed by atoms with van der Waals surface area (Å²) in [6, 6.07) is 5.42. The van der Waals surface area contributed by atoms with Gasteiger partial charge in [0.15, 0.2) is 0 Å². The maximum absolute atomic E-state index is 11.5. The zero-order valence-corrected chi connectivity index (χ0v) is 10.9. The molecule has 1 aliphatic heterocycles. The lowest BCUT2D eigenvalue weighted by molar-refractivity contribution is 0.0601. The highest BCUT2D eigenvalue weighted by atomic mass is 16.5. The average Bonchev–Trinajstić information content (AvgIpc) is 2.90. The van der Waals surface area contributed by atoms with E-state index in [9.17, 15) is 4.79 Å². The number of aromatic amines is 1. The molecule has 1 fully saturated rings. The van der Waals surface area contributed by atoms with E-state index in [2.05, 4.69) is 15.3 Å². The van der Waals surface area contributed by atoms with E-state index in [0.717, 1.165) is 42.8 Å². The molecule has 0 spiro atoms. The van der Waals surface area contributed by atoms with Crippen LogP contribution >= 0.6 is 0 Å². The maximum atomic E-state index is 11.5. The molecule has 1 aromatic heterocycles. The second kappa shape index (κ2) is 5.01. The molecule has 2 N–H and O–H groups in total. The van der Waals surface area contributed by atoms with Crippen molar-refractivity contribution in [3.05, 3.63) is 29.6 Å². The van der Waals surface area contributed by atoms with E-state index >= 15 is 0 Å². The van der Waals surface area contributed by atoms with E-state index in [0.29, 0.717) is 11.5 Å². The number of carbonyl (C=O) groups excluding carboxylic acids is 1. The van der Waals surface area contributed by atoms with E-state index in [1.165, 1.54) is 7.11 Å². The molecule has 0 unspecified atom stereocenters. The number of nitrogens with zero attached hydrogens (tertiary/aromatic N) is 1. The number of imidazole rings is 1. The zero-order chi connectivity index (χ0) is 13.2. The molecule has 0 atom stereocenters. The van der Waals surface area contributed by atoms with Gasteiger partial charge in [-0.25, -0.2) is 9.78 Å². The van der Waals surface area contributed by atoms with Crippen molar-refractivity contribution in [3.8, 4) is 0 Å². The van der Waals surface area contributed by atoms with Crippen molar-refractivity contribution in [2.24, 2.45) is 0 Å². The number of nitrogens with one attached hydrogen (secondary N) is 2. The molecule has 5 nitrogen and oxygen atoms in total. The standard InChI is InChI=1S/C14H17N3O2/c1-19-14(18)10-2-3-11-12(8-10)17-13(16-11)9-4-6-15-7-5-9/h2-3,8-9,15H,4-7H2,1H3,(H,16,17). The number of esters is 1. The van der Waals surface area contributed by atoms with Gasteiger partial charge in [0.2, 0.25) is 0 Å². The lowest BCUT2D eigenvalue weighted by atomic mass is 9.98. The van der Waals surface area contributed by atoms with Crippen molar-refractivity contribution >= 4 is 17.0 Å². The minimum absolute atomic E-state index is 0.320. The third-order valence-electron chi connectivity index (χ3n) is 3.65. The number of hydrogen-bond donors (Lipinski definition) is 2. The van der Waals surface area contributed by atoms with Gasteiger partial charge in [-0.15, -0.1) is 0 Å². The molecule has 2 heterocycles. The number of methoxy groups -OCH3 is 1. The van der Waals surface area contributed by atoms with Crippen molar-refractivity contribution in [1.29, 1.82) is 0 Å². The Balaban J connectivity index is 1.93. The first-order valence-electron chi connectivity index (χ1n) is 6.56. The molecule has 3 rings (SSSR count). The summed E-state index contributed by atoms with van der Waals surface area (Å²) in [5.74, 6) is 1.19. The summed E-state index contributed by atoms with van der Waals surface area (Å²) in [5, 5.41) is 3.35. The van der Waals surface area contributed by atoms with Gasteiger partial charge in [0.05, 0.1) is 23.7 Å². The Bertz CT molecular complexity index is 600. The van der Waals surface area contributed by atoms with Crippen LogP contribution in [0.3, 0.4) is 0 Å². The van der Waals surface area contributed by atoms with Crippen LogP contribution in [0, 0.1) is 0 Å². The number of aromatic nitrogens is 2. The van der Waals surface area contributed by atoms with E-state index in [4.69, 9.17) is 4.74 Å². The lowest BCUT2D eigenvalue weighted by Gasteiger charge is -2.20. The smallest absolute Gasteiger partial charge is 0.337 e. The van der Waals surface area contributed by atoms with Crippen LogP contribution in [0.15, 0.2) is 18.2 Å². The number of carbonyl (C=O) groups is 1. The van der Waals surface area contributed by atoms with E-state index in [1.807, 2.05) is 6.07 Å². The Morgan fingerprint density at radius 2 is 2.16 bits per heavy atom. The van der Waals surface area contributed by atoms with Crippen molar-refractivity contribution < 1.29 is 9.53 Å². The topological polar surface area (TPSA) is 67.0 Å². The third kappa shape index (κ3) is 2.33. The molecule has 0 amide bonds. The van der Waals surface area contributed by atoms with Crippen molar-refractivity contribution in [3.63, 3.8) is 0 Å². The first-order valence-corrected chi connectivity index (χ1v) is 6.56. The Kier molecular flexibility index (Phi) is 3.21. The molecular weight excluding hydrogens is 242 g/mol. The molecule has 0 aliphatic carbocycles. The highest BCUT2D eigenvalue weighted by Gasteiger charge is 2.19. The number of ether oxygens (including phenoxy) is 1. The van der Waals surface area contributed by atoms with Gasteiger partial charge in [0.1, 0.15) is 5.82 Å². The summed E-state index contributed by atoms with van der Waals surface area (Å²) in [4.78, 5) is 19.5. The Labute approximate surface area is 111 Å². The van der Waals surface area contributed by atoms with Gasteiger partial charge < -0.3 is 15.0 Å². The number of fused-ring (bicyclic) bond motifs is 1. The van der Waals surface area contributed by atoms with Gasteiger partial charge >= 0.3 is 5.97 Å². The minimum atomic E-state index is -0.320. The fourth-order valence-corrected chi connectivity index (χ4v) is 2.56. The number of hydrogen-bond acceptors (Lipinski definition) is 4. The average molecular weight is 259 g/mol. The minimum Gasteiger partial charge on any atom is -0.465 e. The third-order valence-corrected chi connectivity index (χ3v) is 3.65. The van der Waals surface area contributed by atoms with Gasteiger partial charge in [-0.3, -0.25) is 0 Å². The summed E-state index contributed by atoms with van der Waals surface area (Å²) < 4.78 is 4.73. The molecule has 0 radical (unpaired) electrons. The van der Waals surface area contributed by atoms with Gasteiger partial charge in [-0.2, -0.15) is 0 Å². The van der Waals surface area contributed by atoms with Crippen LogP contribution in [0.2, 0.25) is 0 Å². The molecule has 100 valence electrons. The van der Waals surface area contributed by atoms with E-state index in [1.54, 1.807) is 12.1 Å². The first kappa shape index (κ1) is 12.2. The molecule has 1 aromatic carbocycles. The summed E-state index contributed by atoms with van der Waals surface area (Å²) in [7, 11) is 1.39. The molecule has 1 saturated heterocycles. The van der Waals surface area contributed by atoms with Crippen LogP contribution in [0.5, 0.6) is 0 Å². The Morgan fingerprint density at radius 1 is 1.37 bits per heavy atom. The van der Waals surface area contributed by atoms with Gasteiger partial charge in [0, 0.05) is 5.92 Å². The highest BCUT2D eigenvalue weighted by molar-refractivity contribution is 5.93. The van der Waals surface area contributed by atoms with Crippen LogP contribution in [0.4, 0.5) is 0 Å². The molecule has 19 heavy (non-hydrogen) atoms. The quantitative estimate of drug-likeness (QED) is 0.807. The summed E-state index contributed by atoms with van der Waals surface area (Å²) in [6.45, 7) is 2.07. The largest absolute Gasteiger partial charge is 0.465 e. The fourth-order valence-electron chi connectivity index (χ4n) is 2.56. The highest BCUT2D eigenvalue weighted by Crippen LogP contribution is 2.25. The summed E-state index contributed by atoms with van der Waals surface area (Å²) in [5.41, 5.74) is 2.35. The predicted molar refractivity (Wildman–Crippen MR) is 72.3 cm³/mol. The number of benzene rings is 1. The second-order valence-corrected chi connectivity index (χ2v) is 4.87. The second-order valence-electron chi connectivity index (χ2n) is 4.87. The van der Waals surface area contributed by atoms with Crippen LogP contribution in [0.25, 0.3) is 11.0 Å². The monoisotopic (exact) mass is 259 g/mol. The normalized spacial score (nSPS) is 16.7. The zero-order valence-electron chi connectivity index (χ0n) is 10.9. The predicted octanol–water partition coefficient (Wildman–Crippen LogP) is 1.82. The van der Waals surface area contributed by atoms with Gasteiger partial charge in [-0.05, 0) is 44.1 Å². The van der Waals surface area contributed by atoms with Crippen LogP contribution in [-0.4, -0.2) is 36.1 Å².